The topological polar surface area (TPSA) is 41.6 Å². The van der Waals surface area contributed by atoms with Gasteiger partial charge < -0.3 is 10.1 Å². The van der Waals surface area contributed by atoms with Crippen molar-refractivity contribution in [1.82, 2.24) is 4.90 Å². The van der Waals surface area contributed by atoms with Crippen molar-refractivity contribution in [2.24, 2.45) is 0 Å². The summed E-state index contributed by atoms with van der Waals surface area (Å²) in [6.07, 6.45) is 0. The van der Waals surface area contributed by atoms with Crippen LogP contribution in [0.15, 0.2) is 54.6 Å². The van der Waals surface area contributed by atoms with E-state index in [1.807, 2.05) is 42.3 Å². The first-order valence-corrected chi connectivity index (χ1v) is 8.90. The third-order valence-electron chi connectivity index (χ3n) is 4.77. The van der Waals surface area contributed by atoms with E-state index < -0.39 is 17.7 Å². The standard InChI is InChI=1S/C22H22F2N2O2/c1-14(22(27)25-18-7-9-20(23)21(24)12-18)26(2)13-15-4-5-17-11-19(28-3)8-6-16(17)10-15/h4-12,14H,13H2,1-3H3,(H,25,27). The molecule has 0 aliphatic carbocycles. The predicted octanol–water partition coefficient (Wildman–Crippen LogP) is 4.59. The van der Waals surface area contributed by atoms with Crippen LogP contribution < -0.4 is 10.1 Å². The number of likely N-dealkylation sites (N-methyl/N-ethyl adjacent to an activating group) is 1. The van der Waals surface area contributed by atoms with Crippen LogP contribution in [-0.4, -0.2) is 31.0 Å². The molecule has 0 heterocycles. The summed E-state index contributed by atoms with van der Waals surface area (Å²) in [5.74, 6) is -1.43. The van der Waals surface area contributed by atoms with Gasteiger partial charge in [0.15, 0.2) is 11.6 Å². The number of carbonyl (C=O) groups excluding carboxylic acids is 1. The van der Waals surface area contributed by atoms with E-state index in [4.69, 9.17) is 4.74 Å². The number of hydrogen-bond acceptors (Lipinski definition) is 3. The molecule has 3 aromatic carbocycles. The summed E-state index contributed by atoms with van der Waals surface area (Å²) in [5.41, 5.74) is 1.29. The van der Waals surface area contributed by atoms with Crippen molar-refractivity contribution in [1.29, 1.82) is 0 Å². The Bertz CT molecular complexity index is 1010. The summed E-state index contributed by atoms with van der Waals surface area (Å²) in [6.45, 7) is 2.33. The van der Waals surface area contributed by atoms with E-state index in [0.29, 0.717) is 6.54 Å². The molecule has 0 aliphatic rings. The van der Waals surface area contributed by atoms with Gasteiger partial charge in [-0.2, -0.15) is 0 Å². The summed E-state index contributed by atoms with van der Waals surface area (Å²) < 4.78 is 31.6. The van der Waals surface area contributed by atoms with Gasteiger partial charge in [0.1, 0.15) is 5.75 Å². The van der Waals surface area contributed by atoms with Crippen LogP contribution in [0.25, 0.3) is 10.8 Å². The number of hydrogen-bond donors (Lipinski definition) is 1. The highest BCUT2D eigenvalue weighted by molar-refractivity contribution is 5.94. The normalized spacial score (nSPS) is 12.2. The number of ether oxygens (including phenoxy) is 1. The first-order valence-electron chi connectivity index (χ1n) is 8.90. The minimum absolute atomic E-state index is 0.226. The van der Waals surface area contributed by atoms with Gasteiger partial charge >= 0.3 is 0 Å². The van der Waals surface area contributed by atoms with Crippen molar-refractivity contribution in [2.75, 3.05) is 19.5 Å². The van der Waals surface area contributed by atoms with Crippen LogP contribution in [0, 0.1) is 11.6 Å². The molecule has 0 saturated carbocycles. The van der Waals surface area contributed by atoms with E-state index in [1.54, 1.807) is 14.0 Å². The van der Waals surface area contributed by atoms with E-state index in [1.165, 1.54) is 6.07 Å². The van der Waals surface area contributed by atoms with Crippen molar-refractivity contribution >= 4 is 22.4 Å². The molecule has 6 heteroatoms. The second-order valence-corrected chi connectivity index (χ2v) is 6.76. The van der Waals surface area contributed by atoms with E-state index in [0.717, 1.165) is 34.2 Å². The molecule has 0 bridgehead atoms. The van der Waals surface area contributed by atoms with Crippen LogP contribution in [0.1, 0.15) is 12.5 Å². The molecule has 3 rings (SSSR count). The average molecular weight is 384 g/mol. The summed E-state index contributed by atoms with van der Waals surface area (Å²) in [7, 11) is 3.48. The highest BCUT2D eigenvalue weighted by Crippen LogP contribution is 2.22. The summed E-state index contributed by atoms with van der Waals surface area (Å²) in [4.78, 5) is 14.3. The van der Waals surface area contributed by atoms with Gasteiger partial charge in [-0.1, -0.05) is 18.2 Å². The molecule has 0 aliphatic heterocycles. The average Bonchev–Trinajstić information content (AvgIpc) is 2.69. The van der Waals surface area contributed by atoms with Gasteiger partial charge in [-0.25, -0.2) is 8.78 Å². The predicted molar refractivity (Wildman–Crippen MR) is 106 cm³/mol. The molecule has 0 saturated heterocycles. The number of fused-ring (bicyclic) bond motifs is 1. The lowest BCUT2D eigenvalue weighted by Gasteiger charge is -2.24. The molecule has 4 nitrogen and oxygen atoms in total. The van der Waals surface area contributed by atoms with E-state index in [9.17, 15) is 13.6 Å². The molecule has 0 fully saturated rings. The van der Waals surface area contributed by atoms with E-state index in [2.05, 4.69) is 11.4 Å². The minimum atomic E-state index is -0.994. The molecule has 0 spiro atoms. The van der Waals surface area contributed by atoms with Crippen molar-refractivity contribution in [3.8, 4) is 5.75 Å². The maximum Gasteiger partial charge on any atom is 0.241 e. The second kappa shape index (κ2) is 8.35. The van der Waals surface area contributed by atoms with Crippen LogP contribution >= 0.6 is 0 Å². The lowest BCUT2D eigenvalue weighted by Crippen LogP contribution is -2.39. The number of carbonyl (C=O) groups is 1. The molecule has 1 unspecified atom stereocenters. The fraction of sp³-hybridized carbons (Fsp3) is 0.227. The fourth-order valence-electron chi connectivity index (χ4n) is 2.94. The number of nitrogens with zero attached hydrogens (tertiary/aromatic N) is 1. The Kier molecular flexibility index (Phi) is 5.90. The third-order valence-corrected chi connectivity index (χ3v) is 4.77. The molecule has 0 aromatic heterocycles. The molecule has 0 radical (unpaired) electrons. The zero-order chi connectivity index (χ0) is 20.3. The maximum absolute atomic E-state index is 13.3. The molecule has 3 aromatic rings. The quantitative estimate of drug-likeness (QED) is 0.676. The Morgan fingerprint density at radius 1 is 1.04 bits per heavy atom. The first kappa shape index (κ1) is 19.8. The molecule has 146 valence electrons. The smallest absolute Gasteiger partial charge is 0.241 e. The largest absolute Gasteiger partial charge is 0.497 e. The molecular weight excluding hydrogens is 362 g/mol. The number of benzene rings is 3. The van der Waals surface area contributed by atoms with Crippen LogP contribution in [0.3, 0.4) is 0 Å². The van der Waals surface area contributed by atoms with Gasteiger partial charge in [0.25, 0.3) is 0 Å². The zero-order valence-electron chi connectivity index (χ0n) is 16.0. The number of halogens is 2. The lowest BCUT2D eigenvalue weighted by atomic mass is 10.1. The van der Waals surface area contributed by atoms with Crippen LogP contribution in [0.2, 0.25) is 0 Å². The number of anilines is 1. The van der Waals surface area contributed by atoms with Crippen LogP contribution in [-0.2, 0) is 11.3 Å². The second-order valence-electron chi connectivity index (χ2n) is 6.76. The van der Waals surface area contributed by atoms with E-state index in [-0.39, 0.29) is 11.6 Å². The molecular formula is C22H22F2N2O2. The number of rotatable bonds is 6. The summed E-state index contributed by atoms with van der Waals surface area (Å²) in [6, 6.07) is 14.8. The van der Waals surface area contributed by atoms with Crippen molar-refractivity contribution in [3.63, 3.8) is 0 Å². The van der Waals surface area contributed by atoms with Gasteiger partial charge in [-0.05, 0) is 60.6 Å². The van der Waals surface area contributed by atoms with Gasteiger partial charge in [-0.15, -0.1) is 0 Å². The molecule has 1 atom stereocenters. The maximum atomic E-state index is 13.3. The minimum Gasteiger partial charge on any atom is -0.497 e. The fourth-order valence-corrected chi connectivity index (χ4v) is 2.94. The van der Waals surface area contributed by atoms with Crippen LogP contribution in [0.5, 0.6) is 5.75 Å². The third kappa shape index (κ3) is 4.46. The van der Waals surface area contributed by atoms with Crippen molar-refractivity contribution in [3.05, 3.63) is 71.8 Å². The number of nitrogens with one attached hydrogen (secondary N) is 1. The molecule has 1 amide bonds. The summed E-state index contributed by atoms with van der Waals surface area (Å²) in [5, 5.41) is 4.78. The Labute approximate surface area is 162 Å². The van der Waals surface area contributed by atoms with Gasteiger partial charge in [-0.3, -0.25) is 9.69 Å². The highest BCUT2D eigenvalue weighted by atomic mass is 19.2. The highest BCUT2D eigenvalue weighted by Gasteiger charge is 2.19. The molecule has 1 N–H and O–H groups in total. The summed E-state index contributed by atoms with van der Waals surface area (Å²) >= 11 is 0. The molecule has 28 heavy (non-hydrogen) atoms. The monoisotopic (exact) mass is 384 g/mol. The van der Waals surface area contributed by atoms with Gasteiger partial charge in [0.2, 0.25) is 5.91 Å². The SMILES string of the molecule is COc1ccc2cc(CN(C)C(C)C(=O)Nc3ccc(F)c(F)c3)ccc2c1. The Morgan fingerprint density at radius 3 is 2.46 bits per heavy atom. The Hall–Kier alpha value is -2.99. The lowest BCUT2D eigenvalue weighted by molar-refractivity contribution is -0.120. The zero-order valence-corrected chi connectivity index (χ0v) is 16.0. The van der Waals surface area contributed by atoms with Crippen molar-refractivity contribution < 1.29 is 18.3 Å². The Balaban J connectivity index is 1.67. The van der Waals surface area contributed by atoms with Gasteiger partial charge in [0.05, 0.1) is 13.2 Å². The van der Waals surface area contributed by atoms with Crippen molar-refractivity contribution in [2.45, 2.75) is 19.5 Å². The van der Waals surface area contributed by atoms with Crippen LogP contribution in [0.4, 0.5) is 14.5 Å². The number of amides is 1. The van der Waals surface area contributed by atoms with Gasteiger partial charge in [0, 0.05) is 18.3 Å². The first-order chi connectivity index (χ1) is 13.4. The Morgan fingerprint density at radius 2 is 1.75 bits per heavy atom. The number of methoxy groups -OCH3 is 1. The van der Waals surface area contributed by atoms with E-state index >= 15 is 0 Å².